The van der Waals surface area contributed by atoms with Gasteiger partial charge in [-0.1, -0.05) is 6.92 Å². The Morgan fingerprint density at radius 1 is 1.17 bits per heavy atom. The number of rotatable bonds is 7. The Hall–Kier alpha value is -2.12. The lowest BCUT2D eigenvalue weighted by molar-refractivity contribution is 0.0526. The number of benzene rings is 1. The molecule has 0 aliphatic heterocycles. The van der Waals surface area contributed by atoms with Crippen molar-refractivity contribution in [3.8, 4) is 0 Å². The van der Waals surface area contributed by atoms with Crippen molar-refractivity contribution in [2.75, 3.05) is 13.2 Å². The summed E-state index contributed by atoms with van der Waals surface area (Å²) in [4.78, 5) is 11.7. The fraction of sp³-hybridized carbons (Fsp3) is 0.312. The van der Waals surface area contributed by atoms with Gasteiger partial charge in [0.1, 0.15) is 5.76 Å². The summed E-state index contributed by atoms with van der Waals surface area (Å²) in [6.07, 6.45) is 1.50. The van der Waals surface area contributed by atoms with Crippen LogP contribution in [0.3, 0.4) is 0 Å². The molecule has 0 spiro atoms. The minimum absolute atomic E-state index is 0.124. The van der Waals surface area contributed by atoms with Crippen LogP contribution in [-0.4, -0.2) is 31.8 Å². The van der Waals surface area contributed by atoms with Gasteiger partial charge in [-0.25, -0.2) is 13.2 Å². The molecule has 0 N–H and O–H groups in total. The van der Waals surface area contributed by atoms with E-state index in [-0.39, 0.29) is 18.0 Å². The molecule has 0 atom stereocenters. The molecular weight excluding hydrogens is 318 g/mol. The van der Waals surface area contributed by atoms with Gasteiger partial charge in [0.25, 0.3) is 0 Å². The Morgan fingerprint density at radius 2 is 1.87 bits per heavy atom. The maximum atomic E-state index is 12.7. The molecule has 0 aliphatic rings. The summed E-state index contributed by atoms with van der Waals surface area (Å²) in [6.45, 7) is 4.21. The van der Waals surface area contributed by atoms with Gasteiger partial charge >= 0.3 is 5.97 Å². The van der Waals surface area contributed by atoms with E-state index in [9.17, 15) is 13.2 Å². The first-order valence-electron chi connectivity index (χ1n) is 7.28. The van der Waals surface area contributed by atoms with E-state index in [1.54, 1.807) is 26.0 Å². The van der Waals surface area contributed by atoms with E-state index in [0.717, 1.165) is 0 Å². The molecule has 23 heavy (non-hydrogen) atoms. The largest absolute Gasteiger partial charge is 0.468 e. The maximum absolute atomic E-state index is 12.7. The van der Waals surface area contributed by atoms with Crippen LogP contribution in [0, 0.1) is 0 Å². The molecule has 0 saturated carbocycles. The van der Waals surface area contributed by atoms with Crippen LogP contribution in [0.5, 0.6) is 0 Å². The average Bonchev–Trinajstić information content (AvgIpc) is 3.06. The lowest BCUT2D eigenvalue weighted by Gasteiger charge is -2.19. The number of esters is 1. The number of nitrogens with zero attached hydrogens (tertiary/aromatic N) is 1. The summed E-state index contributed by atoms with van der Waals surface area (Å²) in [5, 5.41) is 0. The molecule has 0 fully saturated rings. The minimum atomic E-state index is -3.66. The summed E-state index contributed by atoms with van der Waals surface area (Å²) < 4.78 is 36.7. The normalized spacial score (nSPS) is 11.6. The molecule has 0 unspecified atom stereocenters. The Labute approximate surface area is 135 Å². The van der Waals surface area contributed by atoms with Gasteiger partial charge < -0.3 is 9.15 Å². The van der Waals surface area contributed by atoms with Crippen molar-refractivity contribution in [2.45, 2.75) is 25.3 Å². The van der Waals surface area contributed by atoms with E-state index in [4.69, 9.17) is 9.15 Å². The summed E-state index contributed by atoms with van der Waals surface area (Å²) in [5.74, 6) is 0.0953. The highest BCUT2D eigenvalue weighted by molar-refractivity contribution is 7.89. The predicted molar refractivity (Wildman–Crippen MR) is 84.4 cm³/mol. The van der Waals surface area contributed by atoms with Crippen molar-refractivity contribution >= 4 is 16.0 Å². The third kappa shape index (κ3) is 4.00. The zero-order valence-corrected chi connectivity index (χ0v) is 13.9. The highest BCUT2D eigenvalue weighted by atomic mass is 32.2. The van der Waals surface area contributed by atoms with E-state index in [1.165, 1.54) is 34.8 Å². The minimum Gasteiger partial charge on any atom is -0.468 e. The molecule has 124 valence electrons. The Morgan fingerprint density at radius 3 is 2.39 bits per heavy atom. The van der Waals surface area contributed by atoms with E-state index in [0.29, 0.717) is 17.9 Å². The van der Waals surface area contributed by atoms with Crippen LogP contribution >= 0.6 is 0 Å². The molecule has 1 aromatic carbocycles. The molecule has 1 aromatic heterocycles. The van der Waals surface area contributed by atoms with E-state index in [2.05, 4.69) is 0 Å². The molecule has 0 saturated heterocycles. The number of furan rings is 1. The van der Waals surface area contributed by atoms with Gasteiger partial charge in [0.2, 0.25) is 10.0 Å². The van der Waals surface area contributed by atoms with Gasteiger partial charge in [-0.3, -0.25) is 0 Å². The Balaban J connectivity index is 2.22. The molecule has 2 aromatic rings. The topological polar surface area (TPSA) is 76.8 Å². The van der Waals surface area contributed by atoms with Crippen LogP contribution in [-0.2, 0) is 21.3 Å². The first-order chi connectivity index (χ1) is 11.0. The van der Waals surface area contributed by atoms with Crippen LogP contribution in [0.15, 0.2) is 52.0 Å². The van der Waals surface area contributed by atoms with Crippen LogP contribution in [0.4, 0.5) is 0 Å². The van der Waals surface area contributed by atoms with Gasteiger partial charge in [-0.05, 0) is 43.3 Å². The van der Waals surface area contributed by atoms with Crippen LogP contribution in [0.25, 0.3) is 0 Å². The Bertz CT molecular complexity index is 735. The van der Waals surface area contributed by atoms with Crippen molar-refractivity contribution in [1.29, 1.82) is 0 Å². The van der Waals surface area contributed by atoms with Gasteiger partial charge in [0, 0.05) is 6.54 Å². The number of hydrogen-bond donors (Lipinski definition) is 0. The van der Waals surface area contributed by atoms with Gasteiger partial charge in [-0.2, -0.15) is 4.31 Å². The zero-order chi connectivity index (χ0) is 16.9. The van der Waals surface area contributed by atoms with Gasteiger partial charge in [0.15, 0.2) is 0 Å². The fourth-order valence-electron chi connectivity index (χ4n) is 2.07. The standard InChI is InChI=1S/C16H19NO5S/c1-3-17(12-14-6-5-11-22-14)23(19,20)15-9-7-13(8-10-15)16(18)21-4-2/h5-11H,3-4,12H2,1-2H3. The van der Waals surface area contributed by atoms with Crippen molar-refractivity contribution in [3.05, 3.63) is 54.0 Å². The quantitative estimate of drug-likeness (QED) is 0.726. The molecule has 0 amide bonds. The lowest BCUT2D eigenvalue weighted by Crippen LogP contribution is -2.30. The van der Waals surface area contributed by atoms with Crippen molar-refractivity contribution < 1.29 is 22.4 Å². The third-order valence-corrected chi connectivity index (χ3v) is 5.20. The zero-order valence-electron chi connectivity index (χ0n) is 13.1. The van der Waals surface area contributed by atoms with Crippen LogP contribution in [0.2, 0.25) is 0 Å². The van der Waals surface area contributed by atoms with Gasteiger partial charge in [-0.15, -0.1) is 0 Å². The number of sulfonamides is 1. The summed E-state index contributed by atoms with van der Waals surface area (Å²) in [6, 6.07) is 9.15. The number of hydrogen-bond acceptors (Lipinski definition) is 5. The monoisotopic (exact) mass is 337 g/mol. The van der Waals surface area contributed by atoms with E-state index in [1.807, 2.05) is 0 Å². The second-order valence-corrected chi connectivity index (χ2v) is 6.69. The smallest absolute Gasteiger partial charge is 0.338 e. The summed E-state index contributed by atoms with van der Waals surface area (Å²) >= 11 is 0. The highest BCUT2D eigenvalue weighted by Gasteiger charge is 2.24. The first kappa shape index (κ1) is 17.2. The third-order valence-electron chi connectivity index (χ3n) is 3.27. The average molecular weight is 337 g/mol. The van der Waals surface area contributed by atoms with E-state index < -0.39 is 16.0 Å². The molecule has 6 nitrogen and oxygen atoms in total. The fourth-order valence-corrected chi connectivity index (χ4v) is 3.48. The van der Waals surface area contributed by atoms with Crippen molar-refractivity contribution in [3.63, 3.8) is 0 Å². The Kier molecular flexibility index (Phi) is 5.57. The maximum Gasteiger partial charge on any atom is 0.338 e. The summed E-state index contributed by atoms with van der Waals surface area (Å²) in [7, 11) is -3.66. The molecular formula is C16H19NO5S. The lowest BCUT2D eigenvalue weighted by atomic mass is 10.2. The second kappa shape index (κ2) is 7.43. The predicted octanol–water partition coefficient (Wildman–Crippen LogP) is 2.67. The molecule has 0 radical (unpaired) electrons. The highest BCUT2D eigenvalue weighted by Crippen LogP contribution is 2.19. The van der Waals surface area contributed by atoms with E-state index >= 15 is 0 Å². The first-order valence-corrected chi connectivity index (χ1v) is 8.72. The number of carbonyl (C=O) groups is 1. The number of ether oxygens (including phenoxy) is 1. The molecule has 0 aliphatic carbocycles. The molecule has 0 bridgehead atoms. The van der Waals surface area contributed by atoms with Crippen molar-refractivity contribution in [1.82, 2.24) is 4.31 Å². The van der Waals surface area contributed by atoms with Crippen LogP contribution < -0.4 is 0 Å². The van der Waals surface area contributed by atoms with Crippen LogP contribution in [0.1, 0.15) is 30.0 Å². The molecule has 1 heterocycles. The number of carbonyl (C=O) groups excluding carboxylic acids is 1. The molecule has 7 heteroatoms. The summed E-state index contributed by atoms with van der Waals surface area (Å²) in [5.41, 5.74) is 0.319. The second-order valence-electron chi connectivity index (χ2n) is 4.76. The van der Waals surface area contributed by atoms with Gasteiger partial charge in [0.05, 0.1) is 29.9 Å². The molecule has 2 rings (SSSR count). The SMILES string of the molecule is CCOC(=O)c1ccc(S(=O)(=O)N(CC)Cc2ccco2)cc1. The van der Waals surface area contributed by atoms with Crippen molar-refractivity contribution in [2.24, 2.45) is 0 Å².